The lowest BCUT2D eigenvalue weighted by atomic mass is 10.2. The minimum absolute atomic E-state index is 0.111. The molecular formula is C15H15N7O2. The molecule has 1 aromatic carbocycles. The summed E-state index contributed by atoms with van der Waals surface area (Å²) in [5, 5.41) is 10.7. The Morgan fingerprint density at radius 3 is 2.42 bits per heavy atom. The molecule has 1 aliphatic rings. The zero-order chi connectivity index (χ0) is 16.5. The molecule has 9 nitrogen and oxygen atoms in total. The second kappa shape index (κ2) is 5.76. The van der Waals surface area contributed by atoms with E-state index < -0.39 is 0 Å². The average molecular weight is 325 g/mol. The van der Waals surface area contributed by atoms with E-state index in [9.17, 15) is 10.1 Å². The molecule has 0 saturated carbocycles. The zero-order valence-corrected chi connectivity index (χ0v) is 12.8. The van der Waals surface area contributed by atoms with E-state index in [2.05, 4.69) is 29.7 Å². The van der Waals surface area contributed by atoms with Gasteiger partial charge in [-0.1, -0.05) is 0 Å². The number of hydrogen-bond donors (Lipinski definition) is 1. The van der Waals surface area contributed by atoms with Crippen LogP contribution in [0.4, 0.5) is 17.2 Å². The fourth-order valence-electron chi connectivity index (χ4n) is 2.95. The van der Waals surface area contributed by atoms with Gasteiger partial charge < -0.3 is 14.8 Å². The lowest BCUT2D eigenvalue weighted by Crippen LogP contribution is -2.46. The predicted octanol–water partition coefficient (Wildman–Crippen LogP) is 1.59. The van der Waals surface area contributed by atoms with Crippen LogP contribution in [-0.2, 0) is 0 Å². The molecule has 0 radical (unpaired) electrons. The van der Waals surface area contributed by atoms with Crippen LogP contribution >= 0.6 is 0 Å². The number of hydrogen-bond acceptors (Lipinski definition) is 7. The first kappa shape index (κ1) is 14.4. The second-order valence-electron chi connectivity index (χ2n) is 5.55. The number of nitro groups is 1. The first-order valence-corrected chi connectivity index (χ1v) is 7.61. The van der Waals surface area contributed by atoms with Gasteiger partial charge in [-0.2, -0.15) is 0 Å². The van der Waals surface area contributed by atoms with Crippen molar-refractivity contribution in [2.24, 2.45) is 0 Å². The van der Waals surface area contributed by atoms with Crippen LogP contribution < -0.4 is 9.80 Å². The van der Waals surface area contributed by atoms with Crippen molar-refractivity contribution in [2.75, 3.05) is 36.0 Å². The molecule has 0 amide bonds. The van der Waals surface area contributed by atoms with E-state index in [0.717, 1.165) is 43.2 Å². The number of benzene rings is 1. The standard InChI is InChI=1S/C15H15N7O2/c23-22(24)12-3-1-11(2-4-12)20-5-7-21(8-6-20)15-13-14(17-9-16-13)18-10-19-15/h1-4,9-10H,5-8H2,(H,16,17,18,19). The summed E-state index contributed by atoms with van der Waals surface area (Å²) in [5.41, 5.74) is 2.62. The summed E-state index contributed by atoms with van der Waals surface area (Å²) in [5.74, 6) is 0.862. The van der Waals surface area contributed by atoms with Gasteiger partial charge in [0.15, 0.2) is 11.5 Å². The Hall–Kier alpha value is -3.23. The number of aromatic nitrogens is 4. The molecule has 9 heteroatoms. The number of nitrogens with one attached hydrogen (secondary N) is 1. The van der Waals surface area contributed by atoms with Gasteiger partial charge in [-0.05, 0) is 12.1 Å². The van der Waals surface area contributed by atoms with Crippen molar-refractivity contribution >= 4 is 28.4 Å². The van der Waals surface area contributed by atoms with Gasteiger partial charge in [-0.15, -0.1) is 0 Å². The number of nitro benzene ring substituents is 1. The van der Waals surface area contributed by atoms with E-state index >= 15 is 0 Å². The van der Waals surface area contributed by atoms with Gasteiger partial charge in [0.25, 0.3) is 5.69 Å². The predicted molar refractivity (Wildman–Crippen MR) is 89.2 cm³/mol. The number of fused-ring (bicyclic) bond motifs is 1. The molecule has 122 valence electrons. The largest absolute Gasteiger partial charge is 0.368 e. The quantitative estimate of drug-likeness (QED) is 0.576. The molecule has 0 spiro atoms. The van der Waals surface area contributed by atoms with Crippen LogP contribution in [0.15, 0.2) is 36.9 Å². The van der Waals surface area contributed by atoms with E-state index in [-0.39, 0.29) is 10.6 Å². The van der Waals surface area contributed by atoms with E-state index in [1.54, 1.807) is 30.6 Å². The van der Waals surface area contributed by atoms with E-state index in [0.29, 0.717) is 5.65 Å². The Balaban J connectivity index is 1.48. The molecule has 2 aromatic heterocycles. The van der Waals surface area contributed by atoms with Gasteiger partial charge in [-0.3, -0.25) is 10.1 Å². The van der Waals surface area contributed by atoms with Crippen LogP contribution in [0.5, 0.6) is 0 Å². The van der Waals surface area contributed by atoms with Gasteiger partial charge in [0, 0.05) is 44.0 Å². The molecule has 0 atom stereocenters. The van der Waals surface area contributed by atoms with Gasteiger partial charge in [0.1, 0.15) is 11.8 Å². The molecular weight excluding hydrogens is 310 g/mol. The Kier molecular flexibility index (Phi) is 3.45. The van der Waals surface area contributed by atoms with Crippen LogP contribution in [0.25, 0.3) is 11.2 Å². The van der Waals surface area contributed by atoms with Crippen molar-refractivity contribution < 1.29 is 4.92 Å². The Labute approximate surface area is 137 Å². The molecule has 24 heavy (non-hydrogen) atoms. The van der Waals surface area contributed by atoms with Crippen LogP contribution in [0.3, 0.4) is 0 Å². The minimum Gasteiger partial charge on any atom is -0.368 e. The molecule has 1 fully saturated rings. The van der Waals surface area contributed by atoms with Crippen molar-refractivity contribution in [3.8, 4) is 0 Å². The number of anilines is 2. The highest BCUT2D eigenvalue weighted by Crippen LogP contribution is 2.24. The second-order valence-corrected chi connectivity index (χ2v) is 5.55. The number of piperazine rings is 1. The SMILES string of the molecule is O=[N+]([O-])c1ccc(N2CCN(c3ncnc4nc[nH]c34)CC2)cc1. The highest BCUT2D eigenvalue weighted by atomic mass is 16.6. The summed E-state index contributed by atoms with van der Waals surface area (Å²) in [6.07, 6.45) is 3.15. The zero-order valence-electron chi connectivity index (χ0n) is 12.8. The van der Waals surface area contributed by atoms with Gasteiger partial charge in [0.2, 0.25) is 0 Å². The number of H-pyrrole nitrogens is 1. The third kappa shape index (κ3) is 2.49. The smallest absolute Gasteiger partial charge is 0.269 e. The Morgan fingerprint density at radius 1 is 1.00 bits per heavy atom. The lowest BCUT2D eigenvalue weighted by Gasteiger charge is -2.36. The van der Waals surface area contributed by atoms with Gasteiger partial charge >= 0.3 is 0 Å². The van der Waals surface area contributed by atoms with Crippen molar-refractivity contribution in [3.63, 3.8) is 0 Å². The summed E-state index contributed by atoms with van der Waals surface area (Å²) in [6, 6.07) is 6.68. The highest BCUT2D eigenvalue weighted by molar-refractivity contribution is 5.82. The van der Waals surface area contributed by atoms with Crippen molar-refractivity contribution in [2.45, 2.75) is 0 Å². The average Bonchev–Trinajstić information content (AvgIpc) is 3.11. The number of non-ortho nitro benzene ring substituents is 1. The molecule has 1 N–H and O–H groups in total. The topological polar surface area (TPSA) is 104 Å². The number of rotatable bonds is 3. The highest BCUT2D eigenvalue weighted by Gasteiger charge is 2.21. The summed E-state index contributed by atoms with van der Waals surface area (Å²) in [7, 11) is 0. The van der Waals surface area contributed by atoms with Crippen LogP contribution in [0.1, 0.15) is 0 Å². The summed E-state index contributed by atoms with van der Waals surface area (Å²) < 4.78 is 0. The number of imidazole rings is 1. The van der Waals surface area contributed by atoms with Gasteiger partial charge in [-0.25, -0.2) is 15.0 Å². The molecule has 0 aliphatic carbocycles. The maximum atomic E-state index is 10.7. The van der Waals surface area contributed by atoms with Crippen molar-refractivity contribution in [1.82, 2.24) is 19.9 Å². The maximum absolute atomic E-state index is 10.7. The molecule has 3 aromatic rings. The molecule has 1 saturated heterocycles. The monoisotopic (exact) mass is 325 g/mol. The number of nitrogens with zero attached hydrogens (tertiary/aromatic N) is 6. The third-order valence-corrected chi connectivity index (χ3v) is 4.21. The number of aromatic amines is 1. The van der Waals surface area contributed by atoms with Crippen molar-refractivity contribution in [1.29, 1.82) is 0 Å². The Morgan fingerprint density at radius 2 is 1.71 bits per heavy atom. The fraction of sp³-hybridized carbons (Fsp3) is 0.267. The van der Waals surface area contributed by atoms with Crippen LogP contribution in [0.2, 0.25) is 0 Å². The van der Waals surface area contributed by atoms with E-state index in [1.165, 1.54) is 6.33 Å². The van der Waals surface area contributed by atoms with Crippen molar-refractivity contribution in [3.05, 3.63) is 47.0 Å². The molecule has 0 unspecified atom stereocenters. The van der Waals surface area contributed by atoms with E-state index in [1.807, 2.05) is 0 Å². The minimum atomic E-state index is -0.382. The molecule has 1 aliphatic heterocycles. The fourth-order valence-corrected chi connectivity index (χ4v) is 2.95. The summed E-state index contributed by atoms with van der Waals surface area (Å²) in [4.78, 5) is 30.5. The lowest BCUT2D eigenvalue weighted by molar-refractivity contribution is -0.384. The summed E-state index contributed by atoms with van der Waals surface area (Å²) >= 11 is 0. The first-order valence-electron chi connectivity index (χ1n) is 7.61. The summed E-state index contributed by atoms with van der Waals surface area (Å²) in [6.45, 7) is 3.25. The first-order chi connectivity index (χ1) is 11.7. The molecule has 3 heterocycles. The molecule has 4 rings (SSSR count). The third-order valence-electron chi connectivity index (χ3n) is 4.21. The van der Waals surface area contributed by atoms with Gasteiger partial charge in [0.05, 0.1) is 11.3 Å². The normalized spacial score (nSPS) is 15.0. The van der Waals surface area contributed by atoms with Crippen LogP contribution in [-0.4, -0.2) is 51.0 Å². The Bertz CT molecular complexity index is 869. The van der Waals surface area contributed by atoms with E-state index in [4.69, 9.17) is 0 Å². The van der Waals surface area contributed by atoms with Crippen LogP contribution in [0, 0.1) is 10.1 Å². The maximum Gasteiger partial charge on any atom is 0.269 e. The molecule has 0 bridgehead atoms.